The molecular formula is C17H26ClN5O. The van der Waals surface area contributed by atoms with Gasteiger partial charge in [-0.25, -0.2) is 4.68 Å². The molecule has 2 aromatic rings. The molecule has 1 unspecified atom stereocenters. The van der Waals surface area contributed by atoms with Crippen molar-refractivity contribution in [3.05, 3.63) is 41.7 Å². The van der Waals surface area contributed by atoms with Crippen molar-refractivity contribution in [1.29, 1.82) is 0 Å². The Kier molecular flexibility index (Phi) is 8.43. The number of nitrogens with one attached hydrogen (secondary N) is 1. The van der Waals surface area contributed by atoms with Crippen molar-refractivity contribution in [2.75, 3.05) is 6.54 Å². The van der Waals surface area contributed by atoms with Gasteiger partial charge in [-0.05, 0) is 25.5 Å². The third-order valence-corrected chi connectivity index (χ3v) is 3.87. The average molecular weight is 352 g/mol. The number of unbranched alkanes of at least 4 members (excludes halogenated alkanes) is 1. The molecule has 7 heteroatoms. The van der Waals surface area contributed by atoms with Gasteiger partial charge in [0.05, 0.1) is 23.5 Å². The third kappa shape index (κ3) is 5.32. The van der Waals surface area contributed by atoms with Crippen LogP contribution in [-0.4, -0.2) is 33.5 Å². The summed E-state index contributed by atoms with van der Waals surface area (Å²) in [6, 6.07) is 9.80. The molecule has 6 nitrogen and oxygen atoms in total. The summed E-state index contributed by atoms with van der Waals surface area (Å²) < 4.78 is 1.75. The zero-order valence-corrected chi connectivity index (χ0v) is 15.1. The molecule has 0 radical (unpaired) electrons. The lowest BCUT2D eigenvalue weighted by atomic mass is 10.1. The van der Waals surface area contributed by atoms with Crippen LogP contribution in [0.15, 0.2) is 30.3 Å². The molecule has 3 N–H and O–H groups in total. The zero-order chi connectivity index (χ0) is 16.7. The van der Waals surface area contributed by atoms with Gasteiger partial charge in [-0.15, -0.1) is 17.5 Å². The minimum absolute atomic E-state index is 0. The van der Waals surface area contributed by atoms with Crippen molar-refractivity contribution >= 4 is 18.3 Å². The van der Waals surface area contributed by atoms with E-state index in [9.17, 15) is 4.79 Å². The predicted molar refractivity (Wildman–Crippen MR) is 97.6 cm³/mol. The minimum atomic E-state index is -0.0558. The first kappa shape index (κ1) is 20.1. The number of para-hydroxylation sites is 1. The Hall–Kier alpha value is -1.92. The van der Waals surface area contributed by atoms with Crippen molar-refractivity contribution in [3.63, 3.8) is 0 Å². The molecular weight excluding hydrogens is 326 g/mol. The number of rotatable bonds is 8. The van der Waals surface area contributed by atoms with Gasteiger partial charge in [-0.1, -0.05) is 43.2 Å². The van der Waals surface area contributed by atoms with Crippen molar-refractivity contribution in [2.24, 2.45) is 5.73 Å². The van der Waals surface area contributed by atoms with E-state index in [4.69, 9.17) is 5.73 Å². The lowest BCUT2D eigenvalue weighted by molar-refractivity contribution is -0.121. The van der Waals surface area contributed by atoms with Gasteiger partial charge in [0.1, 0.15) is 0 Å². The first-order chi connectivity index (χ1) is 11.2. The fourth-order valence-corrected chi connectivity index (χ4v) is 2.47. The van der Waals surface area contributed by atoms with Crippen LogP contribution in [0.3, 0.4) is 0 Å². The Labute approximate surface area is 149 Å². The SMILES string of the molecule is CCCCC(CN)NC(=O)Cc1nnn(-c2ccccc2)c1C.Cl. The molecule has 1 atom stereocenters. The van der Waals surface area contributed by atoms with Crippen LogP contribution in [-0.2, 0) is 11.2 Å². The summed E-state index contributed by atoms with van der Waals surface area (Å²) >= 11 is 0. The molecule has 1 heterocycles. The lowest BCUT2D eigenvalue weighted by Gasteiger charge is -2.16. The van der Waals surface area contributed by atoms with E-state index in [0.717, 1.165) is 30.6 Å². The summed E-state index contributed by atoms with van der Waals surface area (Å²) in [6.45, 7) is 4.51. The Balaban J connectivity index is 0.00000288. The highest BCUT2D eigenvalue weighted by atomic mass is 35.5. The first-order valence-corrected chi connectivity index (χ1v) is 8.11. The Morgan fingerprint density at radius 1 is 1.33 bits per heavy atom. The maximum Gasteiger partial charge on any atom is 0.226 e. The molecule has 1 aromatic heterocycles. The number of halogens is 1. The van der Waals surface area contributed by atoms with Gasteiger partial charge in [0, 0.05) is 12.6 Å². The largest absolute Gasteiger partial charge is 0.352 e. The summed E-state index contributed by atoms with van der Waals surface area (Å²) in [5.74, 6) is -0.0558. The van der Waals surface area contributed by atoms with Crippen molar-refractivity contribution in [2.45, 2.75) is 45.6 Å². The van der Waals surface area contributed by atoms with Crippen LogP contribution in [0.25, 0.3) is 5.69 Å². The number of carbonyl (C=O) groups is 1. The van der Waals surface area contributed by atoms with E-state index in [1.807, 2.05) is 37.3 Å². The molecule has 132 valence electrons. The van der Waals surface area contributed by atoms with Crippen molar-refractivity contribution in [3.8, 4) is 5.69 Å². The highest BCUT2D eigenvalue weighted by Crippen LogP contribution is 2.12. The van der Waals surface area contributed by atoms with Crippen LogP contribution in [0.4, 0.5) is 0 Å². The summed E-state index contributed by atoms with van der Waals surface area (Å²) in [5, 5.41) is 11.3. The van der Waals surface area contributed by atoms with Crippen LogP contribution in [0.1, 0.15) is 37.6 Å². The molecule has 0 saturated heterocycles. The monoisotopic (exact) mass is 351 g/mol. The molecule has 1 amide bonds. The number of hydrogen-bond donors (Lipinski definition) is 2. The molecule has 0 bridgehead atoms. The quantitative estimate of drug-likeness (QED) is 0.763. The molecule has 24 heavy (non-hydrogen) atoms. The van der Waals surface area contributed by atoms with E-state index in [2.05, 4.69) is 22.6 Å². The van der Waals surface area contributed by atoms with E-state index in [1.54, 1.807) is 4.68 Å². The molecule has 0 fully saturated rings. The first-order valence-electron chi connectivity index (χ1n) is 8.11. The van der Waals surface area contributed by atoms with E-state index in [1.165, 1.54) is 0 Å². The smallest absolute Gasteiger partial charge is 0.226 e. The molecule has 0 aliphatic rings. The topological polar surface area (TPSA) is 85.8 Å². The van der Waals surface area contributed by atoms with Crippen LogP contribution >= 0.6 is 12.4 Å². The van der Waals surface area contributed by atoms with Crippen LogP contribution in [0, 0.1) is 6.92 Å². The van der Waals surface area contributed by atoms with Gasteiger partial charge in [0.2, 0.25) is 5.91 Å². The second-order valence-electron chi connectivity index (χ2n) is 5.69. The number of amides is 1. The number of aromatic nitrogens is 3. The van der Waals surface area contributed by atoms with Crippen LogP contribution in [0.5, 0.6) is 0 Å². The van der Waals surface area contributed by atoms with Gasteiger partial charge in [-0.3, -0.25) is 4.79 Å². The molecule has 0 aliphatic heterocycles. The number of carbonyl (C=O) groups excluding carboxylic acids is 1. The van der Waals surface area contributed by atoms with Gasteiger partial charge >= 0.3 is 0 Å². The second kappa shape index (κ2) is 10.1. The zero-order valence-electron chi connectivity index (χ0n) is 14.2. The standard InChI is InChI=1S/C17H25N5O.ClH/c1-3-4-8-14(12-18)19-17(23)11-16-13(2)22(21-20-16)15-9-6-5-7-10-15;/h5-7,9-10,14H,3-4,8,11-12,18H2,1-2H3,(H,19,23);1H. The summed E-state index contributed by atoms with van der Waals surface area (Å²) in [5.41, 5.74) is 8.23. The molecule has 1 aromatic carbocycles. The normalized spacial score (nSPS) is 11.6. The Morgan fingerprint density at radius 2 is 2.04 bits per heavy atom. The average Bonchev–Trinajstić information content (AvgIpc) is 2.93. The van der Waals surface area contributed by atoms with Gasteiger partial charge in [0.15, 0.2) is 0 Å². The molecule has 0 spiro atoms. The van der Waals surface area contributed by atoms with Crippen molar-refractivity contribution < 1.29 is 4.79 Å². The highest BCUT2D eigenvalue weighted by molar-refractivity contribution is 5.85. The predicted octanol–water partition coefficient (Wildman–Crippen LogP) is 2.17. The Morgan fingerprint density at radius 3 is 2.67 bits per heavy atom. The van der Waals surface area contributed by atoms with Gasteiger partial charge in [0.25, 0.3) is 0 Å². The fourth-order valence-electron chi connectivity index (χ4n) is 2.47. The van der Waals surface area contributed by atoms with Crippen molar-refractivity contribution in [1.82, 2.24) is 20.3 Å². The number of benzene rings is 1. The van der Waals surface area contributed by atoms with Gasteiger partial charge < -0.3 is 11.1 Å². The summed E-state index contributed by atoms with van der Waals surface area (Å²) in [6.07, 6.45) is 3.29. The van der Waals surface area contributed by atoms with Gasteiger partial charge in [-0.2, -0.15) is 0 Å². The van der Waals surface area contributed by atoms with E-state index in [0.29, 0.717) is 12.2 Å². The maximum absolute atomic E-state index is 12.2. The number of nitrogens with two attached hydrogens (primary N) is 1. The fraction of sp³-hybridized carbons (Fsp3) is 0.471. The van der Waals surface area contributed by atoms with Crippen LogP contribution < -0.4 is 11.1 Å². The Bertz CT molecular complexity index is 629. The van der Waals surface area contributed by atoms with Crippen LogP contribution in [0.2, 0.25) is 0 Å². The maximum atomic E-state index is 12.2. The molecule has 2 rings (SSSR count). The number of hydrogen-bond acceptors (Lipinski definition) is 4. The number of nitrogens with zero attached hydrogens (tertiary/aromatic N) is 3. The third-order valence-electron chi connectivity index (χ3n) is 3.87. The molecule has 0 aliphatic carbocycles. The highest BCUT2D eigenvalue weighted by Gasteiger charge is 2.16. The molecule has 0 saturated carbocycles. The minimum Gasteiger partial charge on any atom is -0.352 e. The summed E-state index contributed by atoms with van der Waals surface area (Å²) in [4.78, 5) is 12.2. The van der Waals surface area contributed by atoms with E-state index in [-0.39, 0.29) is 30.8 Å². The van der Waals surface area contributed by atoms with E-state index < -0.39 is 0 Å². The second-order valence-corrected chi connectivity index (χ2v) is 5.69. The van der Waals surface area contributed by atoms with E-state index >= 15 is 0 Å². The summed E-state index contributed by atoms with van der Waals surface area (Å²) in [7, 11) is 0. The lowest BCUT2D eigenvalue weighted by Crippen LogP contribution is -2.41.